The minimum atomic E-state index is -0.891. The summed E-state index contributed by atoms with van der Waals surface area (Å²) < 4.78 is 6.53. The molecule has 0 aliphatic carbocycles. The number of aliphatic hydroxyl groups excluding tert-OH is 1. The fourth-order valence-corrected chi connectivity index (χ4v) is 3.78. The number of esters is 1. The first kappa shape index (κ1) is 23.0. The van der Waals surface area contributed by atoms with E-state index in [1.807, 2.05) is 60.7 Å². The van der Waals surface area contributed by atoms with Crippen LogP contribution in [0.25, 0.3) is 10.8 Å². The number of urea groups is 1. The van der Waals surface area contributed by atoms with Crippen LogP contribution in [0.2, 0.25) is 0 Å². The highest BCUT2D eigenvalue weighted by Gasteiger charge is 2.24. The Hall–Kier alpha value is -4.17. The molecule has 4 rings (SSSR count). The van der Waals surface area contributed by atoms with Crippen molar-refractivity contribution in [3.63, 3.8) is 0 Å². The molecule has 2 amide bonds. The van der Waals surface area contributed by atoms with E-state index in [1.54, 1.807) is 26.0 Å². The summed E-state index contributed by atoms with van der Waals surface area (Å²) in [5, 5.41) is 22.6. The molecule has 0 aliphatic heterocycles. The predicted molar refractivity (Wildman–Crippen MR) is 131 cm³/mol. The van der Waals surface area contributed by atoms with E-state index in [1.165, 1.54) is 4.68 Å². The van der Waals surface area contributed by atoms with Gasteiger partial charge >= 0.3 is 12.0 Å². The van der Waals surface area contributed by atoms with E-state index in [-0.39, 0.29) is 18.8 Å². The molecule has 0 fully saturated rings. The lowest BCUT2D eigenvalue weighted by Crippen LogP contribution is -2.23. The molecule has 8 heteroatoms. The number of hydrogen-bond donors (Lipinski definition) is 3. The van der Waals surface area contributed by atoms with Gasteiger partial charge in [0.05, 0.1) is 24.9 Å². The lowest BCUT2D eigenvalue weighted by Gasteiger charge is -2.15. The third kappa shape index (κ3) is 4.92. The second kappa shape index (κ2) is 10.2. The summed E-state index contributed by atoms with van der Waals surface area (Å²) in [7, 11) is 0. The topological polar surface area (TPSA) is 105 Å². The van der Waals surface area contributed by atoms with E-state index in [2.05, 4.69) is 15.7 Å². The minimum absolute atomic E-state index is 0.0359. The molecular weight excluding hydrogens is 432 g/mol. The SMILES string of the molecule is CCOC(=O)c1nn(CC(O)c2ccccc2)c(NC(=O)Nc2cccc3ccccc23)c1C. The molecule has 4 aromatic rings. The number of aliphatic hydroxyl groups is 1. The number of nitrogens with zero attached hydrogens (tertiary/aromatic N) is 2. The number of nitrogens with one attached hydrogen (secondary N) is 2. The van der Waals surface area contributed by atoms with E-state index in [0.717, 1.165) is 10.8 Å². The van der Waals surface area contributed by atoms with Gasteiger partial charge in [0, 0.05) is 10.9 Å². The molecule has 0 spiro atoms. The van der Waals surface area contributed by atoms with Crippen molar-refractivity contribution in [3.05, 3.63) is 89.6 Å². The second-order valence-electron chi connectivity index (χ2n) is 7.76. The van der Waals surface area contributed by atoms with Crippen molar-refractivity contribution in [2.45, 2.75) is 26.5 Å². The highest BCUT2D eigenvalue weighted by Crippen LogP contribution is 2.26. The summed E-state index contributed by atoms with van der Waals surface area (Å²) in [6.07, 6.45) is -0.891. The maximum atomic E-state index is 12.9. The lowest BCUT2D eigenvalue weighted by molar-refractivity contribution is 0.0516. The Balaban J connectivity index is 1.62. The Bertz CT molecular complexity index is 1310. The van der Waals surface area contributed by atoms with E-state index in [9.17, 15) is 14.7 Å². The van der Waals surface area contributed by atoms with Crippen LogP contribution in [0.5, 0.6) is 0 Å². The molecule has 1 atom stereocenters. The number of aromatic nitrogens is 2. The molecule has 0 saturated carbocycles. The predicted octanol–water partition coefficient (Wildman–Crippen LogP) is 4.90. The van der Waals surface area contributed by atoms with Crippen LogP contribution in [0, 0.1) is 6.92 Å². The highest BCUT2D eigenvalue weighted by molar-refractivity contribution is 6.06. The number of rotatable bonds is 7. The molecule has 0 saturated heterocycles. The van der Waals surface area contributed by atoms with Crippen LogP contribution in [0.3, 0.4) is 0 Å². The number of fused-ring (bicyclic) bond motifs is 1. The zero-order chi connectivity index (χ0) is 24.1. The standard InChI is InChI=1S/C26H26N4O4/c1-3-34-25(32)23-17(2)24(30(29-23)16-22(31)19-11-5-4-6-12-19)28-26(33)27-21-15-9-13-18-10-7-8-14-20(18)21/h4-15,22,31H,3,16H2,1-2H3,(H2,27,28,33). The average molecular weight is 459 g/mol. The van der Waals surface area contributed by atoms with Crippen LogP contribution in [-0.4, -0.2) is 33.5 Å². The second-order valence-corrected chi connectivity index (χ2v) is 7.76. The summed E-state index contributed by atoms with van der Waals surface area (Å²) in [6, 6.07) is 22.0. The minimum Gasteiger partial charge on any atom is -0.461 e. The Morgan fingerprint density at radius 3 is 2.47 bits per heavy atom. The van der Waals surface area contributed by atoms with Crippen molar-refractivity contribution >= 4 is 34.3 Å². The summed E-state index contributed by atoms with van der Waals surface area (Å²) in [4.78, 5) is 25.4. The van der Waals surface area contributed by atoms with Crippen LogP contribution in [-0.2, 0) is 11.3 Å². The zero-order valence-electron chi connectivity index (χ0n) is 19.0. The Morgan fingerprint density at radius 2 is 1.71 bits per heavy atom. The normalized spacial score (nSPS) is 11.7. The Labute approximate surface area is 197 Å². The number of amides is 2. The molecule has 1 heterocycles. The van der Waals surface area contributed by atoms with Crippen LogP contribution < -0.4 is 10.6 Å². The van der Waals surface area contributed by atoms with Crippen LogP contribution >= 0.6 is 0 Å². The maximum Gasteiger partial charge on any atom is 0.359 e. The number of benzene rings is 3. The Kier molecular flexibility index (Phi) is 6.89. The molecule has 0 radical (unpaired) electrons. The van der Waals surface area contributed by atoms with Crippen molar-refractivity contribution in [3.8, 4) is 0 Å². The van der Waals surface area contributed by atoms with Gasteiger partial charge in [-0.15, -0.1) is 0 Å². The van der Waals surface area contributed by atoms with Gasteiger partial charge in [0.2, 0.25) is 0 Å². The molecule has 0 bridgehead atoms. The van der Waals surface area contributed by atoms with Crippen molar-refractivity contribution in [1.29, 1.82) is 0 Å². The largest absolute Gasteiger partial charge is 0.461 e. The molecule has 0 aliphatic rings. The smallest absolute Gasteiger partial charge is 0.359 e. The average Bonchev–Trinajstić information content (AvgIpc) is 3.15. The van der Waals surface area contributed by atoms with Gasteiger partial charge in [-0.3, -0.25) is 5.32 Å². The van der Waals surface area contributed by atoms with Gasteiger partial charge < -0.3 is 15.2 Å². The molecular formula is C26H26N4O4. The zero-order valence-corrected chi connectivity index (χ0v) is 19.0. The third-order valence-electron chi connectivity index (χ3n) is 5.46. The highest BCUT2D eigenvalue weighted by atomic mass is 16.5. The molecule has 34 heavy (non-hydrogen) atoms. The molecule has 174 valence electrons. The van der Waals surface area contributed by atoms with Gasteiger partial charge in [0.25, 0.3) is 0 Å². The van der Waals surface area contributed by atoms with Gasteiger partial charge in [-0.1, -0.05) is 66.7 Å². The van der Waals surface area contributed by atoms with Crippen molar-refractivity contribution in [1.82, 2.24) is 9.78 Å². The van der Waals surface area contributed by atoms with E-state index < -0.39 is 18.1 Å². The summed E-state index contributed by atoms with van der Waals surface area (Å²) in [5.41, 5.74) is 1.88. The molecule has 1 aromatic heterocycles. The maximum absolute atomic E-state index is 12.9. The van der Waals surface area contributed by atoms with E-state index in [4.69, 9.17) is 4.74 Å². The fraction of sp³-hybridized carbons (Fsp3) is 0.192. The van der Waals surface area contributed by atoms with Crippen molar-refractivity contribution < 1.29 is 19.4 Å². The summed E-state index contributed by atoms with van der Waals surface area (Å²) >= 11 is 0. The molecule has 3 N–H and O–H groups in total. The number of carbonyl (C=O) groups excluding carboxylic acids is 2. The van der Waals surface area contributed by atoms with Gasteiger partial charge in [0.1, 0.15) is 5.82 Å². The lowest BCUT2D eigenvalue weighted by atomic mass is 10.1. The number of anilines is 2. The van der Waals surface area contributed by atoms with Gasteiger partial charge in [-0.2, -0.15) is 5.10 Å². The van der Waals surface area contributed by atoms with Crippen LogP contribution in [0.1, 0.15) is 34.6 Å². The fourth-order valence-electron chi connectivity index (χ4n) is 3.78. The Morgan fingerprint density at radius 1 is 1.00 bits per heavy atom. The monoisotopic (exact) mass is 458 g/mol. The number of carbonyl (C=O) groups is 2. The van der Waals surface area contributed by atoms with E-state index in [0.29, 0.717) is 22.6 Å². The van der Waals surface area contributed by atoms with Crippen LogP contribution in [0.15, 0.2) is 72.8 Å². The molecule has 3 aromatic carbocycles. The van der Waals surface area contributed by atoms with E-state index >= 15 is 0 Å². The van der Waals surface area contributed by atoms with Gasteiger partial charge in [-0.25, -0.2) is 14.3 Å². The summed E-state index contributed by atoms with van der Waals surface area (Å²) in [5.74, 6) is -0.291. The first-order chi connectivity index (χ1) is 16.5. The molecule has 1 unspecified atom stereocenters. The van der Waals surface area contributed by atoms with Crippen molar-refractivity contribution in [2.75, 3.05) is 17.2 Å². The van der Waals surface area contributed by atoms with Gasteiger partial charge in [0.15, 0.2) is 5.69 Å². The van der Waals surface area contributed by atoms with Crippen molar-refractivity contribution in [2.24, 2.45) is 0 Å². The number of hydrogen-bond acceptors (Lipinski definition) is 5. The van der Waals surface area contributed by atoms with Crippen LogP contribution in [0.4, 0.5) is 16.3 Å². The quantitative estimate of drug-likeness (QED) is 0.342. The third-order valence-corrected chi connectivity index (χ3v) is 5.46. The first-order valence-corrected chi connectivity index (χ1v) is 11.0. The summed E-state index contributed by atoms with van der Waals surface area (Å²) in [6.45, 7) is 3.62. The van der Waals surface area contributed by atoms with Gasteiger partial charge in [-0.05, 0) is 30.9 Å². The number of ether oxygens (including phenoxy) is 1. The first-order valence-electron chi connectivity index (χ1n) is 11.0. The molecule has 8 nitrogen and oxygen atoms in total.